The van der Waals surface area contributed by atoms with Crippen molar-refractivity contribution in [1.29, 1.82) is 0 Å². The van der Waals surface area contributed by atoms with Crippen molar-refractivity contribution in [2.75, 3.05) is 51.2 Å². The molecule has 0 amide bonds. The Balaban J connectivity index is 1.42. The van der Waals surface area contributed by atoms with Crippen LogP contribution in [0.1, 0.15) is 32.6 Å². The smallest absolute Gasteiger partial charge is 0.191 e. The second-order valence-electron chi connectivity index (χ2n) is 7.81. The first-order valence-corrected chi connectivity index (χ1v) is 10.5. The molecule has 2 heterocycles. The lowest BCUT2D eigenvalue weighted by atomic mass is 9.93. The Kier molecular flexibility index (Phi) is 7.48. The van der Waals surface area contributed by atoms with Gasteiger partial charge in [0, 0.05) is 32.7 Å². The molecule has 0 radical (unpaired) electrons. The standard InChI is InChI=1S/C21H33F2N5/c1-3-27-12-8-16(9-13-27)7-11-25-21(24-2)26-17-10-14-28(15-17)20-18(22)5-4-6-19(20)23/h4-6,16-17H,3,7-15H2,1-2H3,(H2,24,25,26). The van der Waals surface area contributed by atoms with Crippen molar-refractivity contribution < 1.29 is 8.78 Å². The second-order valence-corrected chi connectivity index (χ2v) is 7.81. The monoisotopic (exact) mass is 393 g/mol. The molecule has 0 aromatic heterocycles. The molecule has 7 heteroatoms. The molecule has 1 aromatic rings. The molecule has 2 aliphatic heterocycles. The zero-order valence-electron chi connectivity index (χ0n) is 17.1. The zero-order valence-corrected chi connectivity index (χ0v) is 17.1. The number of anilines is 1. The van der Waals surface area contributed by atoms with E-state index in [1.54, 1.807) is 11.9 Å². The summed E-state index contributed by atoms with van der Waals surface area (Å²) in [5.74, 6) is 0.542. The SMILES string of the molecule is CCN1CCC(CCNC(=NC)NC2CCN(c3c(F)cccc3F)C2)CC1. The Morgan fingerprint density at radius 1 is 1.14 bits per heavy atom. The van der Waals surface area contributed by atoms with Gasteiger partial charge in [-0.05, 0) is 63.4 Å². The van der Waals surface area contributed by atoms with E-state index in [9.17, 15) is 8.78 Å². The van der Waals surface area contributed by atoms with E-state index < -0.39 is 11.6 Å². The first-order valence-electron chi connectivity index (χ1n) is 10.5. The van der Waals surface area contributed by atoms with E-state index >= 15 is 0 Å². The van der Waals surface area contributed by atoms with Crippen LogP contribution in [0.4, 0.5) is 14.5 Å². The summed E-state index contributed by atoms with van der Waals surface area (Å²) >= 11 is 0. The summed E-state index contributed by atoms with van der Waals surface area (Å²) in [7, 11) is 1.76. The van der Waals surface area contributed by atoms with E-state index in [4.69, 9.17) is 0 Å². The van der Waals surface area contributed by atoms with Gasteiger partial charge in [-0.3, -0.25) is 4.99 Å². The van der Waals surface area contributed by atoms with Gasteiger partial charge in [0.25, 0.3) is 0 Å². The minimum atomic E-state index is -0.503. The highest BCUT2D eigenvalue weighted by Crippen LogP contribution is 2.26. The van der Waals surface area contributed by atoms with Crippen LogP contribution in [0.5, 0.6) is 0 Å². The van der Waals surface area contributed by atoms with Crippen LogP contribution in [-0.4, -0.2) is 63.2 Å². The molecule has 0 bridgehead atoms. The first kappa shape index (κ1) is 20.8. The van der Waals surface area contributed by atoms with Crippen LogP contribution < -0.4 is 15.5 Å². The Hall–Kier alpha value is -1.89. The number of hydrogen-bond acceptors (Lipinski definition) is 3. The highest BCUT2D eigenvalue weighted by molar-refractivity contribution is 5.80. The van der Waals surface area contributed by atoms with Gasteiger partial charge in [0.2, 0.25) is 0 Å². The van der Waals surface area contributed by atoms with Gasteiger partial charge >= 0.3 is 0 Å². The zero-order chi connectivity index (χ0) is 19.9. The molecule has 2 fully saturated rings. The van der Waals surface area contributed by atoms with E-state index in [-0.39, 0.29) is 11.7 Å². The third kappa shape index (κ3) is 5.34. The summed E-state index contributed by atoms with van der Waals surface area (Å²) < 4.78 is 28.0. The summed E-state index contributed by atoms with van der Waals surface area (Å²) in [6, 6.07) is 4.14. The molecule has 0 saturated carbocycles. The van der Waals surface area contributed by atoms with E-state index in [1.807, 2.05) is 0 Å². The highest BCUT2D eigenvalue weighted by atomic mass is 19.1. The lowest BCUT2D eigenvalue weighted by molar-refractivity contribution is 0.187. The van der Waals surface area contributed by atoms with E-state index in [0.29, 0.717) is 13.1 Å². The number of benzene rings is 1. The van der Waals surface area contributed by atoms with Gasteiger partial charge < -0.3 is 20.4 Å². The summed E-state index contributed by atoms with van der Waals surface area (Å²) in [5, 5.41) is 6.81. The number of rotatable bonds is 6. The van der Waals surface area contributed by atoms with Crippen LogP contribution in [-0.2, 0) is 0 Å². The topological polar surface area (TPSA) is 42.9 Å². The fraction of sp³-hybridized carbons (Fsp3) is 0.667. The average molecular weight is 394 g/mol. The quantitative estimate of drug-likeness (QED) is 0.576. The van der Waals surface area contributed by atoms with Gasteiger partial charge in [-0.1, -0.05) is 13.0 Å². The number of para-hydroxylation sites is 1. The van der Waals surface area contributed by atoms with Gasteiger partial charge in [0.1, 0.15) is 17.3 Å². The minimum Gasteiger partial charge on any atom is -0.365 e. The van der Waals surface area contributed by atoms with E-state index in [1.165, 1.54) is 44.1 Å². The van der Waals surface area contributed by atoms with Gasteiger partial charge in [-0.2, -0.15) is 0 Å². The molecule has 1 atom stereocenters. The Bertz CT molecular complexity index is 638. The van der Waals surface area contributed by atoms with Gasteiger partial charge in [-0.25, -0.2) is 8.78 Å². The molecule has 0 aliphatic carbocycles. The van der Waals surface area contributed by atoms with Crippen LogP contribution in [0.3, 0.4) is 0 Å². The molecular formula is C21H33F2N5. The third-order valence-electron chi connectivity index (χ3n) is 6.01. The molecule has 1 aromatic carbocycles. The third-order valence-corrected chi connectivity index (χ3v) is 6.01. The molecule has 2 saturated heterocycles. The molecule has 0 spiro atoms. The van der Waals surface area contributed by atoms with Crippen molar-refractivity contribution in [1.82, 2.24) is 15.5 Å². The fourth-order valence-electron chi connectivity index (χ4n) is 4.25. The Morgan fingerprint density at radius 2 is 1.86 bits per heavy atom. The highest BCUT2D eigenvalue weighted by Gasteiger charge is 2.27. The number of halogens is 2. The first-order chi connectivity index (χ1) is 13.6. The van der Waals surface area contributed by atoms with Crippen LogP contribution in [0, 0.1) is 17.6 Å². The molecule has 3 rings (SSSR count). The van der Waals surface area contributed by atoms with Crippen LogP contribution >= 0.6 is 0 Å². The predicted molar refractivity (Wildman–Crippen MR) is 111 cm³/mol. The molecule has 2 aliphatic rings. The normalized spacial score (nSPS) is 21.9. The molecule has 2 N–H and O–H groups in total. The number of likely N-dealkylation sites (tertiary alicyclic amines) is 1. The van der Waals surface area contributed by atoms with E-state index in [2.05, 4.69) is 27.4 Å². The summed E-state index contributed by atoms with van der Waals surface area (Å²) in [5.41, 5.74) is 0.0770. The lowest BCUT2D eigenvalue weighted by Crippen LogP contribution is -2.45. The second kappa shape index (κ2) is 10.0. The number of piperidine rings is 1. The lowest BCUT2D eigenvalue weighted by Gasteiger charge is -2.31. The summed E-state index contributed by atoms with van der Waals surface area (Å²) in [6.07, 6.45) is 4.51. The maximum atomic E-state index is 14.0. The number of nitrogens with one attached hydrogen (secondary N) is 2. The van der Waals surface area contributed by atoms with Crippen molar-refractivity contribution >= 4 is 11.6 Å². The van der Waals surface area contributed by atoms with Crippen LogP contribution in [0.2, 0.25) is 0 Å². The fourth-order valence-corrected chi connectivity index (χ4v) is 4.25. The van der Waals surface area contributed by atoms with Crippen molar-refractivity contribution in [2.45, 2.75) is 38.6 Å². The summed E-state index contributed by atoms with van der Waals surface area (Å²) in [4.78, 5) is 8.60. The van der Waals surface area contributed by atoms with Crippen molar-refractivity contribution in [3.63, 3.8) is 0 Å². The van der Waals surface area contributed by atoms with E-state index in [0.717, 1.165) is 37.8 Å². The number of guanidine groups is 1. The van der Waals surface area contributed by atoms with Crippen LogP contribution in [0.25, 0.3) is 0 Å². The number of aliphatic imine (C=N–C) groups is 1. The van der Waals surface area contributed by atoms with Crippen molar-refractivity contribution in [3.05, 3.63) is 29.8 Å². The maximum Gasteiger partial charge on any atom is 0.191 e. The molecule has 1 unspecified atom stereocenters. The molecule has 156 valence electrons. The van der Waals surface area contributed by atoms with Crippen LogP contribution in [0.15, 0.2) is 23.2 Å². The van der Waals surface area contributed by atoms with Gasteiger partial charge in [0.05, 0.1) is 0 Å². The largest absolute Gasteiger partial charge is 0.365 e. The summed E-state index contributed by atoms with van der Waals surface area (Å²) in [6.45, 7) is 7.88. The maximum absolute atomic E-state index is 14.0. The number of nitrogens with zero attached hydrogens (tertiary/aromatic N) is 3. The number of hydrogen-bond donors (Lipinski definition) is 2. The average Bonchev–Trinajstić information content (AvgIpc) is 3.15. The Labute approximate surface area is 167 Å². The van der Waals surface area contributed by atoms with Crippen molar-refractivity contribution in [3.8, 4) is 0 Å². The molecular weight excluding hydrogens is 360 g/mol. The molecule has 28 heavy (non-hydrogen) atoms. The van der Waals surface area contributed by atoms with Gasteiger partial charge in [-0.15, -0.1) is 0 Å². The minimum absolute atomic E-state index is 0.0770. The van der Waals surface area contributed by atoms with Gasteiger partial charge in [0.15, 0.2) is 5.96 Å². The Morgan fingerprint density at radius 3 is 2.50 bits per heavy atom. The predicted octanol–water partition coefficient (Wildman–Crippen LogP) is 2.83. The molecule has 5 nitrogen and oxygen atoms in total. The van der Waals surface area contributed by atoms with Crippen molar-refractivity contribution in [2.24, 2.45) is 10.9 Å².